The summed E-state index contributed by atoms with van der Waals surface area (Å²) >= 11 is 0. The molecule has 1 aromatic rings. The fourth-order valence-electron chi connectivity index (χ4n) is 1.94. The third-order valence-electron chi connectivity index (χ3n) is 3.04. The largest absolute Gasteiger partial charge is 0.466 e. The number of ether oxygens (including phenoxy) is 2. The zero-order valence-corrected chi connectivity index (χ0v) is 10.8. The minimum Gasteiger partial charge on any atom is -0.466 e. The van der Waals surface area contributed by atoms with Crippen molar-refractivity contribution < 1.29 is 19.1 Å². The summed E-state index contributed by atoms with van der Waals surface area (Å²) in [5.74, 6) is -1.87. The molecule has 4 nitrogen and oxygen atoms in total. The van der Waals surface area contributed by atoms with Crippen LogP contribution in [0.15, 0.2) is 42.5 Å². The highest BCUT2D eigenvalue weighted by molar-refractivity contribution is 5.94. The zero-order chi connectivity index (χ0) is 13.8. The lowest BCUT2D eigenvalue weighted by Crippen LogP contribution is -2.13. The third-order valence-corrected chi connectivity index (χ3v) is 3.04. The molecule has 0 aliphatic heterocycles. The van der Waals surface area contributed by atoms with Crippen molar-refractivity contribution >= 4 is 11.9 Å². The van der Waals surface area contributed by atoms with E-state index in [1.807, 2.05) is 30.3 Å². The Balaban J connectivity index is 1.85. The van der Waals surface area contributed by atoms with E-state index >= 15 is 0 Å². The van der Waals surface area contributed by atoms with Crippen LogP contribution in [-0.4, -0.2) is 18.5 Å². The summed E-state index contributed by atoms with van der Waals surface area (Å²) in [5, 5.41) is 0. The molecule has 0 heterocycles. The van der Waals surface area contributed by atoms with E-state index < -0.39 is 23.8 Å². The summed E-state index contributed by atoms with van der Waals surface area (Å²) in [6.07, 6.45) is 0. The normalized spacial score (nSPS) is 20.8. The predicted molar refractivity (Wildman–Crippen MR) is 69.0 cm³/mol. The minimum absolute atomic E-state index is 0.207. The lowest BCUT2D eigenvalue weighted by atomic mass is 10.2. The molecule has 0 spiro atoms. The molecule has 0 unspecified atom stereocenters. The Morgan fingerprint density at radius 1 is 1.11 bits per heavy atom. The van der Waals surface area contributed by atoms with Crippen molar-refractivity contribution in [2.45, 2.75) is 13.5 Å². The van der Waals surface area contributed by atoms with Gasteiger partial charge in [0.1, 0.15) is 6.61 Å². The van der Waals surface area contributed by atoms with Gasteiger partial charge in [-0.3, -0.25) is 9.59 Å². The van der Waals surface area contributed by atoms with Crippen molar-refractivity contribution in [1.29, 1.82) is 0 Å². The molecule has 19 heavy (non-hydrogen) atoms. The van der Waals surface area contributed by atoms with E-state index in [0.29, 0.717) is 12.2 Å². The predicted octanol–water partition coefficient (Wildman–Crippen LogP) is 2.10. The van der Waals surface area contributed by atoms with Gasteiger partial charge < -0.3 is 9.47 Å². The Hall–Kier alpha value is -2.10. The molecule has 0 radical (unpaired) electrons. The van der Waals surface area contributed by atoms with Crippen LogP contribution in [0, 0.1) is 11.8 Å². The summed E-state index contributed by atoms with van der Waals surface area (Å²) in [5.41, 5.74) is 1.49. The van der Waals surface area contributed by atoms with Crippen LogP contribution in [0.25, 0.3) is 0 Å². The first kappa shape index (κ1) is 13.3. The van der Waals surface area contributed by atoms with Gasteiger partial charge in [-0.15, -0.1) is 0 Å². The van der Waals surface area contributed by atoms with E-state index in [9.17, 15) is 9.59 Å². The lowest BCUT2D eigenvalue weighted by molar-refractivity contribution is -0.151. The van der Waals surface area contributed by atoms with Crippen molar-refractivity contribution in [3.05, 3.63) is 48.0 Å². The van der Waals surface area contributed by atoms with Crippen LogP contribution < -0.4 is 0 Å². The fraction of sp³-hybridized carbons (Fsp3) is 0.333. The number of hydrogen-bond donors (Lipinski definition) is 0. The molecule has 1 saturated carbocycles. The number of benzene rings is 1. The van der Waals surface area contributed by atoms with Gasteiger partial charge in [0.05, 0.1) is 18.4 Å². The standard InChI is InChI=1S/C15H16O4/c1-3-18-14(16)12-10(2)13(12)15(17)19-9-11-7-5-4-6-8-11/h4-8,12-13H,2-3,9H2,1H3/t12-,13-/m1/s1. The molecular formula is C15H16O4. The van der Waals surface area contributed by atoms with Crippen LogP contribution in [0.1, 0.15) is 12.5 Å². The Kier molecular flexibility index (Phi) is 4.00. The van der Waals surface area contributed by atoms with Crippen LogP contribution in [0.3, 0.4) is 0 Å². The molecule has 2 rings (SSSR count). The first-order valence-corrected chi connectivity index (χ1v) is 6.21. The Bertz CT molecular complexity index is 492. The topological polar surface area (TPSA) is 52.6 Å². The molecule has 1 aliphatic rings. The van der Waals surface area contributed by atoms with Gasteiger partial charge in [0.25, 0.3) is 0 Å². The smallest absolute Gasteiger partial charge is 0.314 e. The second-order valence-electron chi connectivity index (χ2n) is 4.38. The van der Waals surface area contributed by atoms with Crippen LogP contribution in [-0.2, 0) is 25.7 Å². The molecule has 0 saturated heterocycles. The quantitative estimate of drug-likeness (QED) is 0.601. The van der Waals surface area contributed by atoms with Crippen LogP contribution >= 0.6 is 0 Å². The Morgan fingerprint density at radius 2 is 1.68 bits per heavy atom. The van der Waals surface area contributed by atoms with Gasteiger partial charge in [0.15, 0.2) is 0 Å². The van der Waals surface area contributed by atoms with Crippen molar-refractivity contribution in [2.75, 3.05) is 6.61 Å². The second-order valence-corrected chi connectivity index (χ2v) is 4.38. The highest BCUT2D eigenvalue weighted by atomic mass is 16.5. The maximum Gasteiger partial charge on any atom is 0.314 e. The van der Waals surface area contributed by atoms with Crippen molar-refractivity contribution in [3.8, 4) is 0 Å². The monoisotopic (exact) mass is 260 g/mol. The van der Waals surface area contributed by atoms with Gasteiger partial charge in [0, 0.05) is 0 Å². The van der Waals surface area contributed by atoms with Crippen molar-refractivity contribution in [2.24, 2.45) is 11.8 Å². The van der Waals surface area contributed by atoms with Gasteiger partial charge in [-0.1, -0.05) is 36.9 Å². The zero-order valence-electron chi connectivity index (χ0n) is 10.8. The molecule has 0 N–H and O–H groups in total. The van der Waals surface area contributed by atoms with E-state index in [0.717, 1.165) is 5.56 Å². The number of rotatable bonds is 5. The SMILES string of the molecule is C=C1[C@@H](C(=O)OCC)[C@@H]1C(=O)OCc1ccccc1. The fourth-order valence-corrected chi connectivity index (χ4v) is 1.94. The van der Waals surface area contributed by atoms with E-state index in [-0.39, 0.29) is 6.61 Å². The summed E-state index contributed by atoms with van der Waals surface area (Å²) < 4.78 is 10.0. The maximum absolute atomic E-state index is 11.8. The summed E-state index contributed by atoms with van der Waals surface area (Å²) in [4.78, 5) is 23.3. The molecule has 1 fully saturated rings. The highest BCUT2D eigenvalue weighted by Crippen LogP contribution is 2.46. The van der Waals surface area contributed by atoms with Gasteiger partial charge in [-0.25, -0.2) is 0 Å². The number of carbonyl (C=O) groups is 2. The number of hydrogen-bond acceptors (Lipinski definition) is 4. The van der Waals surface area contributed by atoms with Crippen LogP contribution in [0.4, 0.5) is 0 Å². The van der Waals surface area contributed by atoms with Crippen LogP contribution in [0.5, 0.6) is 0 Å². The summed E-state index contributed by atoms with van der Waals surface area (Å²) in [6.45, 7) is 5.94. The second kappa shape index (κ2) is 5.69. The molecule has 0 bridgehead atoms. The average Bonchev–Trinajstić information content (AvgIpc) is 3.09. The first-order chi connectivity index (χ1) is 9.15. The molecule has 0 amide bonds. The Labute approximate surface area is 112 Å². The molecule has 1 aliphatic carbocycles. The first-order valence-electron chi connectivity index (χ1n) is 6.21. The van der Waals surface area contributed by atoms with Gasteiger partial charge in [0.2, 0.25) is 0 Å². The third kappa shape index (κ3) is 3.02. The number of esters is 2. The summed E-state index contributed by atoms with van der Waals surface area (Å²) in [6, 6.07) is 9.39. The number of carbonyl (C=O) groups excluding carboxylic acids is 2. The molecule has 1 aromatic carbocycles. The van der Waals surface area contributed by atoms with Crippen LogP contribution in [0.2, 0.25) is 0 Å². The molecule has 4 heteroatoms. The van der Waals surface area contributed by atoms with E-state index in [1.165, 1.54) is 0 Å². The van der Waals surface area contributed by atoms with Gasteiger partial charge >= 0.3 is 11.9 Å². The maximum atomic E-state index is 11.8. The van der Waals surface area contributed by atoms with E-state index in [1.54, 1.807) is 6.92 Å². The van der Waals surface area contributed by atoms with Gasteiger partial charge in [-0.2, -0.15) is 0 Å². The van der Waals surface area contributed by atoms with Crippen molar-refractivity contribution in [1.82, 2.24) is 0 Å². The van der Waals surface area contributed by atoms with E-state index in [2.05, 4.69) is 6.58 Å². The Morgan fingerprint density at radius 3 is 2.26 bits per heavy atom. The minimum atomic E-state index is -0.539. The molecular weight excluding hydrogens is 244 g/mol. The molecule has 100 valence electrons. The summed E-state index contributed by atoms with van der Waals surface area (Å²) in [7, 11) is 0. The van der Waals surface area contributed by atoms with E-state index in [4.69, 9.17) is 9.47 Å². The molecule has 0 aromatic heterocycles. The highest BCUT2D eigenvalue weighted by Gasteiger charge is 2.54. The van der Waals surface area contributed by atoms with Crippen molar-refractivity contribution in [3.63, 3.8) is 0 Å². The lowest BCUT2D eigenvalue weighted by Gasteiger charge is -2.04. The average molecular weight is 260 g/mol. The van der Waals surface area contributed by atoms with Gasteiger partial charge in [-0.05, 0) is 18.1 Å². The molecule has 2 atom stereocenters.